The first-order chi connectivity index (χ1) is 5.75. The number of carbonyl (C=O) groups excluding carboxylic acids is 2. The molecule has 2 aliphatic rings. The van der Waals surface area contributed by atoms with Gasteiger partial charge in [-0.05, 0) is 19.3 Å². The van der Waals surface area contributed by atoms with Crippen LogP contribution in [-0.4, -0.2) is 23.9 Å². The molecule has 1 atom stereocenters. The maximum absolute atomic E-state index is 11.2. The predicted molar refractivity (Wildman–Crippen MR) is 42.3 cm³/mol. The maximum Gasteiger partial charge on any atom is 0.243 e. The number of nitrogens with one attached hydrogen (secondary N) is 2. The fourth-order valence-corrected chi connectivity index (χ4v) is 1.39. The fraction of sp³-hybridized carbons (Fsp3) is 0.750. The first-order valence-electron chi connectivity index (χ1n) is 4.35. The first kappa shape index (κ1) is 7.73. The summed E-state index contributed by atoms with van der Waals surface area (Å²) in [6, 6.07) is 0.393. The van der Waals surface area contributed by atoms with Gasteiger partial charge >= 0.3 is 0 Å². The Bertz CT molecular complexity index is 223. The van der Waals surface area contributed by atoms with Crippen LogP contribution in [0, 0.1) is 0 Å². The Kier molecular flexibility index (Phi) is 1.84. The van der Waals surface area contributed by atoms with Gasteiger partial charge in [0, 0.05) is 12.5 Å². The topological polar surface area (TPSA) is 58.2 Å². The van der Waals surface area contributed by atoms with Crippen LogP contribution in [0.25, 0.3) is 0 Å². The molecule has 1 aliphatic heterocycles. The molecule has 2 amide bonds. The summed E-state index contributed by atoms with van der Waals surface area (Å²) in [5.74, 6) is -0.299. The molecule has 66 valence electrons. The highest BCUT2D eigenvalue weighted by Gasteiger charge is 2.31. The fourth-order valence-electron chi connectivity index (χ4n) is 1.39. The van der Waals surface area contributed by atoms with E-state index in [1.165, 1.54) is 0 Å². The number of carbonyl (C=O) groups is 2. The number of hydrogen-bond acceptors (Lipinski definition) is 3. The molecule has 1 heterocycles. The minimum absolute atomic E-state index is 0.129. The Balaban J connectivity index is 1.88. The molecule has 0 aromatic carbocycles. The van der Waals surface area contributed by atoms with E-state index in [1.807, 2.05) is 0 Å². The van der Waals surface area contributed by atoms with Crippen LogP contribution in [-0.2, 0) is 9.59 Å². The Morgan fingerprint density at radius 3 is 2.58 bits per heavy atom. The molecule has 2 fully saturated rings. The summed E-state index contributed by atoms with van der Waals surface area (Å²) in [6.45, 7) is 0. The summed E-state index contributed by atoms with van der Waals surface area (Å²) < 4.78 is 0. The van der Waals surface area contributed by atoms with Crippen molar-refractivity contribution in [2.24, 2.45) is 0 Å². The monoisotopic (exact) mass is 168 g/mol. The van der Waals surface area contributed by atoms with E-state index in [0.29, 0.717) is 18.9 Å². The summed E-state index contributed by atoms with van der Waals surface area (Å²) in [6.07, 6.45) is 3.45. The molecule has 12 heavy (non-hydrogen) atoms. The number of rotatable bonds is 2. The van der Waals surface area contributed by atoms with Gasteiger partial charge in [0.25, 0.3) is 0 Å². The maximum atomic E-state index is 11.2. The minimum Gasteiger partial charge on any atom is -0.303 e. The van der Waals surface area contributed by atoms with Crippen LogP contribution in [0.4, 0.5) is 0 Å². The van der Waals surface area contributed by atoms with Crippen LogP contribution in [0.2, 0.25) is 0 Å². The van der Waals surface area contributed by atoms with Gasteiger partial charge in [-0.15, -0.1) is 0 Å². The zero-order chi connectivity index (χ0) is 8.55. The Hall–Kier alpha value is -0.900. The summed E-state index contributed by atoms with van der Waals surface area (Å²) in [4.78, 5) is 21.9. The average Bonchev–Trinajstić information content (AvgIpc) is 2.79. The highest BCUT2D eigenvalue weighted by Crippen LogP contribution is 2.20. The molecule has 1 saturated heterocycles. The lowest BCUT2D eigenvalue weighted by Gasteiger charge is -2.21. The lowest BCUT2D eigenvalue weighted by molar-refractivity contribution is -0.134. The van der Waals surface area contributed by atoms with E-state index in [0.717, 1.165) is 12.8 Å². The van der Waals surface area contributed by atoms with Gasteiger partial charge in [0.2, 0.25) is 11.8 Å². The molecule has 0 bridgehead atoms. The standard InChI is InChI=1S/C8H12N2O2/c11-7-4-3-6(8(12)10-7)9-5-1-2-5/h5-6,9H,1-4H2,(H,10,11,12). The van der Waals surface area contributed by atoms with Crippen LogP contribution in [0.1, 0.15) is 25.7 Å². The SMILES string of the molecule is O=C1CCC(NC2CC2)C(=O)N1. The van der Waals surface area contributed by atoms with Crippen molar-refractivity contribution < 1.29 is 9.59 Å². The lowest BCUT2D eigenvalue weighted by atomic mass is 10.1. The van der Waals surface area contributed by atoms with Crippen molar-refractivity contribution in [1.82, 2.24) is 10.6 Å². The predicted octanol–water partition coefficient (Wildman–Crippen LogP) is -0.456. The first-order valence-corrected chi connectivity index (χ1v) is 4.35. The molecule has 0 aromatic rings. The third-order valence-electron chi connectivity index (χ3n) is 2.25. The Morgan fingerprint density at radius 1 is 1.25 bits per heavy atom. The van der Waals surface area contributed by atoms with Gasteiger partial charge < -0.3 is 5.32 Å². The molecule has 0 spiro atoms. The van der Waals surface area contributed by atoms with E-state index in [2.05, 4.69) is 10.6 Å². The highest BCUT2D eigenvalue weighted by molar-refractivity contribution is 6.00. The van der Waals surface area contributed by atoms with E-state index in [1.54, 1.807) is 0 Å². The van der Waals surface area contributed by atoms with Gasteiger partial charge in [0.05, 0.1) is 6.04 Å². The van der Waals surface area contributed by atoms with Crippen LogP contribution in [0.5, 0.6) is 0 Å². The van der Waals surface area contributed by atoms with Gasteiger partial charge in [-0.1, -0.05) is 0 Å². The zero-order valence-corrected chi connectivity index (χ0v) is 6.80. The Morgan fingerprint density at radius 2 is 2.00 bits per heavy atom. The van der Waals surface area contributed by atoms with Crippen molar-refractivity contribution in [3.63, 3.8) is 0 Å². The average molecular weight is 168 g/mol. The summed E-state index contributed by atoms with van der Waals surface area (Å²) >= 11 is 0. The molecular formula is C8H12N2O2. The molecule has 0 aromatic heterocycles. The van der Waals surface area contributed by atoms with Crippen LogP contribution in [0.3, 0.4) is 0 Å². The molecule has 2 rings (SSSR count). The van der Waals surface area contributed by atoms with Crippen LogP contribution in [0.15, 0.2) is 0 Å². The molecule has 1 saturated carbocycles. The summed E-state index contributed by atoms with van der Waals surface area (Å²) in [5, 5.41) is 5.52. The summed E-state index contributed by atoms with van der Waals surface area (Å²) in [7, 11) is 0. The quantitative estimate of drug-likeness (QED) is 0.549. The largest absolute Gasteiger partial charge is 0.303 e. The third kappa shape index (κ3) is 1.64. The van der Waals surface area contributed by atoms with Gasteiger partial charge in [-0.2, -0.15) is 0 Å². The third-order valence-corrected chi connectivity index (χ3v) is 2.25. The smallest absolute Gasteiger partial charge is 0.243 e. The van der Waals surface area contributed by atoms with Crippen molar-refractivity contribution in [3.05, 3.63) is 0 Å². The molecule has 1 aliphatic carbocycles. The van der Waals surface area contributed by atoms with Gasteiger partial charge in [-0.3, -0.25) is 14.9 Å². The number of piperidine rings is 1. The molecule has 4 nitrogen and oxygen atoms in total. The van der Waals surface area contributed by atoms with Gasteiger partial charge in [-0.25, -0.2) is 0 Å². The van der Waals surface area contributed by atoms with Crippen molar-refractivity contribution in [2.75, 3.05) is 0 Å². The molecule has 4 heteroatoms. The molecule has 1 unspecified atom stereocenters. The van der Waals surface area contributed by atoms with Crippen LogP contribution >= 0.6 is 0 Å². The van der Waals surface area contributed by atoms with E-state index in [4.69, 9.17) is 0 Å². The van der Waals surface area contributed by atoms with E-state index >= 15 is 0 Å². The van der Waals surface area contributed by atoms with E-state index < -0.39 is 0 Å². The molecular weight excluding hydrogens is 156 g/mol. The van der Waals surface area contributed by atoms with Gasteiger partial charge in [0.1, 0.15) is 0 Å². The molecule has 0 radical (unpaired) electrons. The highest BCUT2D eigenvalue weighted by atomic mass is 16.2. The second kappa shape index (κ2) is 2.86. The van der Waals surface area contributed by atoms with Crippen molar-refractivity contribution in [3.8, 4) is 0 Å². The zero-order valence-electron chi connectivity index (χ0n) is 6.80. The summed E-state index contributed by atoms with van der Waals surface area (Å²) in [5.41, 5.74) is 0. The minimum atomic E-state index is -0.154. The normalized spacial score (nSPS) is 30.2. The number of amides is 2. The second-order valence-corrected chi connectivity index (χ2v) is 3.44. The van der Waals surface area contributed by atoms with Crippen LogP contribution < -0.4 is 10.6 Å². The van der Waals surface area contributed by atoms with E-state index in [-0.39, 0.29) is 17.9 Å². The molecule has 2 N–H and O–H groups in total. The number of imide groups is 1. The Labute approximate surface area is 70.7 Å². The number of hydrogen-bond donors (Lipinski definition) is 2. The van der Waals surface area contributed by atoms with Crippen molar-refractivity contribution in [1.29, 1.82) is 0 Å². The van der Waals surface area contributed by atoms with Crippen molar-refractivity contribution in [2.45, 2.75) is 37.8 Å². The van der Waals surface area contributed by atoms with Crippen molar-refractivity contribution >= 4 is 11.8 Å². The second-order valence-electron chi connectivity index (χ2n) is 3.44. The van der Waals surface area contributed by atoms with E-state index in [9.17, 15) is 9.59 Å². The van der Waals surface area contributed by atoms with Gasteiger partial charge in [0.15, 0.2) is 0 Å². The lowest BCUT2D eigenvalue weighted by Crippen LogP contribution is -2.51.